The van der Waals surface area contributed by atoms with Crippen LogP contribution >= 0.6 is 0 Å². The smallest absolute Gasteiger partial charge is 0.0618 e. The summed E-state index contributed by atoms with van der Waals surface area (Å²) in [5.41, 5.74) is 5.94. The van der Waals surface area contributed by atoms with Crippen LogP contribution in [0.1, 0.15) is 34.6 Å². The molecular formula is C12H28N2O. The first-order valence-electron chi connectivity index (χ1n) is 5.98. The molecule has 0 fully saturated rings. The number of nitrogens with zero attached hydrogens (tertiary/aromatic N) is 1. The van der Waals surface area contributed by atoms with Gasteiger partial charge in [-0.15, -0.1) is 0 Å². The van der Waals surface area contributed by atoms with Gasteiger partial charge < -0.3 is 10.5 Å². The highest BCUT2D eigenvalue weighted by Crippen LogP contribution is 2.16. The van der Waals surface area contributed by atoms with Gasteiger partial charge in [-0.25, -0.2) is 0 Å². The van der Waals surface area contributed by atoms with Crippen molar-refractivity contribution in [2.75, 3.05) is 32.8 Å². The zero-order valence-electron chi connectivity index (χ0n) is 11.0. The first kappa shape index (κ1) is 14.9. The molecule has 1 atom stereocenters. The molecule has 15 heavy (non-hydrogen) atoms. The highest BCUT2D eigenvalue weighted by molar-refractivity contribution is 4.77. The van der Waals surface area contributed by atoms with Crippen molar-refractivity contribution in [1.29, 1.82) is 0 Å². The minimum Gasteiger partial charge on any atom is -0.380 e. The van der Waals surface area contributed by atoms with E-state index in [1.165, 1.54) is 0 Å². The Morgan fingerprint density at radius 3 is 2.33 bits per heavy atom. The SMILES string of the molecule is CCOCC(C)N(CC)CC(C)(C)CN. The van der Waals surface area contributed by atoms with Crippen LogP contribution in [0.2, 0.25) is 0 Å². The topological polar surface area (TPSA) is 38.5 Å². The normalized spacial score (nSPS) is 14.6. The van der Waals surface area contributed by atoms with Crippen LogP contribution in [-0.4, -0.2) is 43.8 Å². The number of ether oxygens (including phenoxy) is 1. The van der Waals surface area contributed by atoms with E-state index in [2.05, 4.69) is 32.6 Å². The molecule has 0 aliphatic rings. The number of hydrogen-bond donors (Lipinski definition) is 1. The molecule has 0 spiro atoms. The molecule has 92 valence electrons. The predicted octanol–water partition coefficient (Wildman–Crippen LogP) is 1.72. The maximum absolute atomic E-state index is 5.75. The van der Waals surface area contributed by atoms with Gasteiger partial charge in [-0.05, 0) is 32.4 Å². The van der Waals surface area contributed by atoms with E-state index < -0.39 is 0 Å². The number of nitrogens with two attached hydrogens (primary N) is 1. The van der Waals surface area contributed by atoms with Crippen LogP contribution in [0.25, 0.3) is 0 Å². The molecule has 0 rings (SSSR count). The molecule has 0 aromatic carbocycles. The first-order valence-corrected chi connectivity index (χ1v) is 5.98. The quantitative estimate of drug-likeness (QED) is 0.671. The van der Waals surface area contributed by atoms with E-state index >= 15 is 0 Å². The minimum atomic E-state index is 0.191. The summed E-state index contributed by atoms with van der Waals surface area (Å²) in [7, 11) is 0. The summed E-state index contributed by atoms with van der Waals surface area (Å²) in [6.45, 7) is 15.3. The molecule has 0 aromatic rings. The summed E-state index contributed by atoms with van der Waals surface area (Å²) in [5.74, 6) is 0. The van der Waals surface area contributed by atoms with Crippen LogP contribution in [0, 0.1) is 5.41 Å². The molecule has 0 heterocycles. The van der Waals surface area contributed by atoms with Gasteiger partial charge in [0.05, 0.1) is 6.61 Å². The number of likely N-dealkylation sites (N-methyl/N-ethyl adjacent to an activating group) is 1. The highest BCUT2D eigenvalue weighted by Gasteiger charge is 2.22. The molecule has 0 radical (unpaired) electrons. The third-order valence-corrected chi connectivity index (χ3v) is 2.78. The second kappa shape index (κ2) is 7.20. The third-order valence-electron chi connectivity index (χ3n) is 2.78. The van der Waals surface area contributed by atoms with Crippen LogP contribution in [0.15, 0.2) is 0 Å². The van der Waals surface area contributed by atoms with Crippen LogP contribution < -0.4 is 5.73 Å². The third kappa shape index (κ3) is 6.13. The van der Waals surface area contributed by atoms with E-state index in [4.69, 9.17) is 10.5 Å². The minimum absolute atomic E-state index is 0.191. The zero-order valence-corrected chi connectivity index (χ0v) is 11.0. The largest absolute Gasteiger partial charge is 0.380 e. The lowest BCUT2D eigenvalue weighted by Crippen LogP contribution is -2.44. The molecule has 0 aromatic heterocycles. The molecule has 0 bridgehead atoms. The van der Waals surface area contributed by atoms with Gasteiger partial charge in [0.25, 0.3) is 0 Å². The maximum Gasteiger partial charge on any atom is 0.0618 e. The summed E-state index contributed by atoms with van der Waals surface area (Å²) in [6, 6.07) is 0.473. The zero-order chi connectivity index (χ0) is 11.9. The Hall–Kier alpha value is -0.120. The Morgan fingerprint density at radius 2 is 1.93 bits per heavy atom. The van der Waals surface area contributed by atoms with Gasteiger partial charge >= 0.3 is 0 Å². The number of rotatable bonds is 8. The fourth-order valence-corrected chi connectivity index (χ4v) is 1.59. The Kier molecular flexibility index (Phi) is 7.14. The molecule has 2 N–H and O–H groups in total. The van der Waals surface area contributed by atoms with E-state index in [-0.39, 0.29) is 5.41 Å². The Bertz CT molecular complexity index is 160. The highest BCUT2D eigenvalue weighted by atomic mass is 16.5. The second-order valence-corrected chi connectivity index (χ2v) is 4.94. The van der Waals surface area contributed by atoms with Crippen LogP contribution in [0.3, 0.4) is 0 Å². The van der Waals surface area contributed by atoms with Crippen LogP contribution in [0.5, 0.6) is 0 Å². The van der Waals surface area contributed by atoms with Gasteiger partial charge in [0.15, 0.2) is 0 Å². The van der Waals surface area contributed by atoms with Gasteiger partial charge in [0.1, 0.15) is 0 Å². The van der Waals surface area contributed by atoms with Crippen molar-refractivity contribution in [3.8, 4) is 0 Å². The standard InChI is InChI=1S/C12H28N2O/c1-6-14(10-12(4,5)9-13)11(3)8-15-7-2/h11H,6-10,13H2,1-5H3. The summed E-state index contributed by atoms with van der Waals surface area (Å²) in [6.07, 6.45) is 0. The molecule has 0 saturated heterocycles. The van der Waals surface area contributed by atoms with Crippen molar-refractivity contribution in [3.05, 3.63) is 0 Å². The molecule has 3 heteroatoms. The Balaban J connectivity index is 4.11. The van der Waals surface area contributed by atoms with Gasteiger partial charge in [-0.1, -0.05) is 20.8 Å². The van der Waals surface area contributed by atoms with E-state index in [1.54, 1.807) is 0 Å². The summed E-state index contributed by atoms with van der Waals surface area (Å²) in [5, 5.41) is 0. The lowest BCUT2D eigenvalue weighted by Gasteiger charge is -2.35. The molecule has 0 aliphatic heterocycles. The lowest BCUT2D eigenvalue weighted by atomic mass is 9.92. The van der Waals surface area contributed by atoms with Crippen LogP contribution in [-0.2, 0) is 4.74 Å². The van der Waals surface area contributed by atoms with Crippen LogP contribution in [0.4, 0.5) is 0 Å². The fourth-order valence-electron chi connectivity index (χ4n) is 1.59. The lowest BCUT2D eigenvalue weighted by molar-refractivity contribution is 0.0580. The summed E-state index contributed by atoms with van der Waals surface area (Å²) in [4.78, 5) is 2.43. The second-order valence-electron chi connectivity index (χ2n) is 4.94. The van der Waals surface area contributed by atoms with Crippen molar-refractivity contribution >= 4 is 0 Å². The number of hydrogen-bond acceptors (Lipinski definition) is 3. The summed E-state index contributed by atoms with van der Waals surface area (Å²) < 4.78 is 5.45. The van der Waals surface area contributed by atoms with E-state index in [0.717, 1.165) is 32.8 Å². The molecule has 0 saturated carbocycles. The molecule has 3 nitrogen and oxygen atoms in total. The van der Waals surface area contributed by atoms with Gasteiger partial charge in [0.2, 0.25) is 0 Å². The fraction of sp³-hybridized carbons (Fsp3) is 1.00. The van der Waals surface area contributed by atoms with Crippen molar-refractivity contribution in [1.82, 2.24) is 4.90 Å². The monoisotopic (exact) mass is 216 g/mol. The van der Waals surface area contributed by atoms with E-state index in [0.29, 0.717) is 6.04 Å². The molecule has 0 aliphatic carbocycles. The van der Waals surface area contributed by atoms with E-state index in [9.17, 15) is 0 Å². The van der Waals surface area contributed by atoms with Gasteiger partial charge in [-0.3, -0.25) is 4.90 Å². The average molecular weight is 216 g/mol. The van der Waals surface area contributed by atoms with Crippen molar-refractivity contribution < 1.29 is 4.74 Å². The van der Waals surface area contributed by atoms with Crippen molar-refractivity contribution in [3.63, 3.8) is 0 Å². The molecular weight excluding hydrogens is 188 g/mol. The first-order chi connectivity index (χ1) is 6.96. The van der Waals surface area contributed by atoms with Crippen molar-refractivity contribution in [2.45, 2.75) is 40.7 Å². The van der Waals surface area contributed by atoms with Gasteiger partial charge in [-0.2, -0.15) is 0 Å². The van der Waals surface area contributed by atoms with Gasteiger partial charge in [0, 0.05) is 19.2 Å². The van der Waals surface area contributed by atoms with Crippen molar-refractivity contribution in [2.24, 2.45) is 11.1 Å². The molecule has 1 unspecified atom stereocenters. The molecule has 0 amide bonds. The Labute approximate surface area is 95.0 Å². The summed E-state index contributed by atoms with van der Waals surface area (Å²) >= 11 is 0. The maximum atomic E-state index is 5.75. The van der Waals surface area contributed by atoms with E-state index in [1.807, 2.05) is 6.92 Å². The Morgan fingerprint density at radius 1 is 1.33 bits per heavy atom. The average Bonchev–Trinajstić information content (AvgIpc) is 2.22. The predicted molar refractivity (Wildman–Crippen MR) is 66.0 cm³/mol.